The van der Waals surface area contributed by atoms with Crippen LogP contribution in [-0.2, 0) is 4.79 Å². The fourth-order valence-electron chi connectivity index (χ4n) is 2.64. The van der Waals surface area contributed by atoms with Crippen LogP contribution in [0.4, 0.5) is 10.1 Å². The van der Waals surface area contributed by atoms with Crippen LogP contribution in [-0.4, -0.2) is 20.1 Å². The molecule has 0 radical (unpaired) electrons. The Morgan fingerprint density at radius 3 is 2.55 bits per heavy atom. The first-order chi connectivity index (χ1) is 14.0. The van der Waals surface area contributed by atoms with Crippen molar-refractivity contribution in [3.63, 3.8) is 0 Å². The zero-order valence-corrected chi connectivity index (χ0v) is 15.7. The van der Waals surface area contributed by atoms with Crippen LogP contribution in [0.1, 0.15) is 5.76 Å². The average molecular weight is 392 g/mol. The van der Waals surface area contributed by atoms with Gasteiger partial charge in [-0.05, 0) is 36.4 Å². The molecule has 0 bridgehead atoms. The highest BCUT2D eigenvalue weighted by Gasteiger charge is 2.14. The van der Waals surface area contributed by atoms with Gasteiger partial charge in [0.2, 0.25) is 0 Å². The SMILES string of the molecule is COc1ccc(NC(=O)/C(C#N)=C/c2ccc(-c3ccccc3F)o2)cc1OC. The second-order valence-corrected chi connectivity index (χ2v) is 5.88. The highest BCUT2D eigenvalue weighted by atomic mass is 19.1. The molecule has 2 aromatic carbocycles. The standard InChI is InChI=1S/C22H17FN2O4/c1-27-20-9-7-15(12-21(20)28-2)25-22(26)14(13-24)11-16-8-10-19(29-16)17-5-3-4-6-18(17)23/h3-12H,1-2H3,(H,25,26)/b14-11+. The molecule has 7 heteroatoms. The van der Waals surface area contributed by atoms with Gasteiger partial charge in [-0.1, -0.05) is 12.1 Å². The van der Waals surface area contributed by atoms with Crippen molar-refractivity contribution in [3.05, 3.63) is 71.7 Å². The van der Waals surface area contributed by atoms with E-state index in [9.17, 15) is 14.4 Å². The number of hydrogen-bond acceptors (Lipinski definition) is 5. The quantitative estimate of drug-likeness (QED) is 0.488. The number of rotatable bonds is 6. The normalized spacial score (nSPS) is 10.9. The number of carbonyl (C=O) groups excluding carboxylic acids is 1. The van der Waals surface area contributed by atoms with E-state index in [4.69, 9.17) is 13.9 Å². The molecule has 1 heterocycles. The van der Waals surface area contributed by atoms with Crippen molar-refractivity contribution in [2.24, 2.45) is 0 Å². The van der Waals surface area contributed by atoms with Crippen LogP contribution in [0, 0.1) is 17.1 Å². The van der Waals surface area contributed by atoms with E-state index in [-0.39, 0.29) is 11.3 Å². The van der Waals surface area contributed by atoms with Gasteiger partial charge < -0.3 is 19.2 Å². The van der Waals surface area contributed by atoms with Gasteiger partial charge in [0.1, 0.15) is 29.0 Å². The van der Waals surface area contributed by atoms with Crippen LogP contribution < -0.4 is 14.8 Å². The predicted molar refractivity (Wildman–Crippen MR) is 106 cm³/mol. The number of anilines is 1. The fraction of sp³-hybridized carbons (Fsp3) is 0.0909. The summed E-state index contributed by atoms with van der Waals surface area (Å²) in [7, 11) is 2.99. The van der Waals surface area contributed by atoms with Crippen molar-refractivity contribution in [3.8, 4) is 28.9 Å². The number of amides is 1. The van der Waals surface area contributed by atoms with Crippen LogP contribution in [0.15, 0.2) is 64.6 Å². The fourth-order valence-corrected chi connectivity index (χ4v) is 2.64. The average Bonchev–Trinajstić information content (AvgIpc) is 3.20. The third kappa shape index (κ3) is 4.45. The second-order valence-electron chi connectivity index (χ2n) is 5.88. The smallest absolute Gasteiger partial charge is 0.266 e. The molecule has 0 spiro atoms. The molecule has 0 unspecified atom stereocenters. The van der Waals surface area contributed by atoms with Gasteiger partial charge in [0.15, 0.2) is 11.5 Å². The molecule has 146 valence electrons. The maximum Gasteiger partial charge on any atom is 0.266 e. The summed E-state index contributed by atoms with van der Waals surface area (Å²) in [6, 6.07) is 16.0. The summed E-state index contributed by atoms with van der Waals surface area (Å²) >= 11 is 0. The summed E-state index contributed by atoms with van der Waals surface area (Å²) < 4.78 is 29.8. The molecule has 0 atom stereocenters. The lowest BCUT2D eigenvalue weighted by Crippen LogP contribution is -2.13. The van der Waals surface area contributed by atoms with Crippen molar-refractivity contribution in [2.45, 2.75) is 0 Å². The first kappa shape index (κ1) is 19.7. The summed E-state index contributed by atoms with van der Waals surface area (Å²) in [5, 5.41) is 12.0. The van der Waals surface area contributed by atoms with Crippen LogP contribution >= 0.6 is 0 Å². The molecule has 1 N–H and O–H groups in total. The van der Waals surface area contributed by atoms with E-state index in [2.05, 4.69) is 5.32 Å². The lowest BCUT2D eigenvalue weighted by Gasteiger charge is -2.10. The van der Waals surface area contributed by atoms with Gasteiger partial charge in [-0.15, -0.1) is 0 Å². The van der Waals surface area contributed by atoms with Crippen molar-refractivity contribution in [1.29, 1.82) is 5.26 Å². The summed E-state index contributed by atoms with van der Waals surface area (Å²) in [5.41, 5.74) is 0.551. The Bertz CT molecular complexity index is 1110. The molecule has 0 aliphatic rings. The number of halogens is 1. The Morgan fingerprint density at radius 2 is 1.86 bits per heavy atom. The molecular weight excluding hydrogens is 375 g/mol. The van der Waals surface area contributed by atoms with Crippen LogP contribution in [0.3, 0.4) is 0 Å². The number of methoxy groups -OCH3 is 2. The van der Waals surface area contributed by atoms with Crippen molar-refractivity contribution in [2.75, 3.05) is 19.5 Å². The maximum absolute atomic E-state index is 13.9. The zero-order chi connectivity index (χ0) is 20.8. The maximum atomic E-state index is 13.9. The Hall–Kier alpha value is -4.05. The van der Waals surface area contributed by atoms with Crippen molar-refractivity contribution >= 4 is 17.7 Å². The predicted octanol–water partition coefficient (Wildman–Crippen LogP) is 4.65. The van der Waals surface area contributed by atoms with Gasteiger partial charge in [0, 0.05) is 17.8 Å². The molecule has 0 saturated heterocycles. The molecule has 0 aliphatic heterocycles. The van der Waals surface area contributed by atoms with E-state index in [1.165, 1.54) is 26.4 Å². The van der Waals surface area contributed by atoms with Gasteiger partial charge >= 0.3 is 0 Å². The number of benzene rings is 2. The van der Waals surface area contributed by atoms with E-state index >= 15 is 0 Å². The van der Waals surface area contributed by atoms with E-state index < -0.39 is 11.7 Å². The third-order valence-corrected chi connectivity index (χ3v) is 4.06. The molecule has 1 amide bonds. The lowest BCUT2D eigenvalue weighted by molar-refractivity contribution is -0.112. The van der Waals surface area contributed by atoms with Gasteiger partial charge in [-0.3, -0.25) is 4.79 Å². The molecule has 0 aliphatic carbocycles. The minimum absolute atomic E-state index is 0.172. The number of nitrogens with zero attached hydrogens (tertiary/aromatic N) is 1. The molecule has 3 rings (SSSR count). The van der Waals surface area contributed by atoms with E-state index in [1.54, 1.807) is 48.5 Å². The minimum Gasteiger partial charge on any atom is -0.493 e. The summed E-state index contributed by atoms with van der Waals surface area (Å²) in [6.07, 6.45) is 1.29. The monoisotopic (exact) mass is 392 g/mol. The van der Waals surface area contributed by atoms with Crippen molar-refractivity contribution in [1.82, 2.24) is 0 Å². The first-order valence-electron chi connectivity index (χ1n) is 8.55. The Kier molecular flexibility index (Phi) is 5.95. The number of hydrogen-bond donors (Lipinski definition) is 1. The molecule has 0 saturated carbocycles. The summed E-state index contributed by atoms with van der Waals surface area (Å²) in [4.78, 5) is 12.5. The van der Waals surface area contributed by atoms with Gasteiger partial charge in [0.25, 0.3) is 5.91 Å². The Labute approximate surface area is 166 Å². The van der Waals surface area contributed by atoms with E-state index in [0.29, 0.717) is 28.5 Å². The number of carbonyl (C=O) groups is 1. The van der Waals surface area contributed by atoms with Crippen molar-refractivity contribution < 1.29 is 23.1 Å². The molecule has 0 fully saturated rings. The topological polar surface area (TPSA) is 84.5 Å². The van der Waals surface area contributed by atoms with E-state index in [1.807, 2.05) is 6.07 Å². The molecular formula is C22H17FN2O4. The highest BCUT2D eigenvalue weighted by molar-refractivity contribution is 6.09. The minimum atomic E-state index is -0.622. The molecule has 29 heavy (non-hydrogen) atoms. The summed E-state index contributed by atoms with van der Waals surface area (Å²) in [6.45, 7) is 0. The van der Waals surface area contributed by atoms with Gasteiger partial charge in [-0.25, -0.2) is 4.39 Å². The van der Waals surface area contributed by atoms with Crippen LogP contribution in [0.2, 0.25) is 0 Å². The Morgan fingerprint density at radius 1 is 1.10 bits per heavy atom. The van der Waals surface area contributed by atoms with Gasteiger partial charge in [0.05, 0.1) is 19.8 Å². The zero-order valence-electron chi connectivity index (χ0n) is 15.7. The first-order valence-corrected chi connectivity index (χ1v) is 8.55. The highest BCUT2D eigenvalue weighted by Crippen LogP contribution is 2.30. The number of nitriles is 1. The van der Waals surface area contributed by atoms with Crippen LogP contribution in [0.25, 0.3) is 17.4 Å². The largest absolute Gasteiger partial charge is 0.493 e. The van der Waals surface area contributed by atoms with Crippen LogP contribution in [0.5, 0.6) is 11.5 Å². The molecule has 3 aromatic rings. The summed E-state index contributed by atoms with van der Waals surface area (Å²) in [5.74, 6) is 0.452. The Balaban J connectivity index is 1.81. The lowest BCUT2D eigenvalue weighted by atomic mass is 10.1. The number of nitrogens with one attached hydrogen (secondary N) is 1. The number of furan rings is 1. The second kappa shape index (κ2) is 8.76. The van der Waals surface area contributed by atoms with Gasteiger partial charge in [-0.2, -0.15) is 5.26 Å². The van der Waals surface area contributed by atoms with E-state index in [0.717, 1.165) is 0 Å². The number of ether oxygens (including phenoxy) is 2. The molecule has 6 nitrogen and oxygen atoms in total. The third-order valence-electron chi connectivity index (χ3n) is 4.06. The molecule has 1 aromatic heterocycles.